The Kier molecular flexibility index (Phi) is 5.48. The highest BCUT2D eigenvalue weighted by molar-refractivity contribution is 7.80. The average Bonchev–Trinajstić information content (AvgIpc) is 2.61. The Hall–Kier alpha value is -2.63. The van der Waals surface area contributed by atoms with Gasteiger partial charge in [-0.25, -0.2) is 4.39 Å². The third kappa shape index (κ3) is 4.92. The Morgan fingerprint density at radius 2 is 1.32 bits per heavy atom. The van der Waals surface area contributed by atoms with E-state index in [-0.39, 0.29) is 5.02 Å². The van der Waals surface area contributed by atoms with Gasteiger partial charge < -0.3 is 16.0 Å². The Bertz CT molecular complexity index is 870. The van der Waals surface area contributed by atoms with Gasteiger partial charge in [0.2, 0.25) is 0 Å². The van der Waals surface area contributed by atoms with Crippen molar-refractivity contribution in [2.24, 2.45) is 0 Å². The summed E-state index contributed by atoms with van der Waals surface area (Å²) in [5, 5.41) is 9.72. The van der Waals surface area contributed by atoms with Crippen LogP contribution >= 0.6 is 23.8 Å². The van der Waals surface area contributed by atoms with E-state index in [4.69, 9.17) is 23.8 Å². The summed E-state index contributed by atoms with van der Waals surface area (Å²) < 4.78 is 13.4. The van der Waals surface area contributed by atoms with Gasteiger partial charge in [-0.05, 0) is 66.8 Å². The molecule has 0 radical (unpaired) electrons. The molecule has 3 aromatic rings. The van der Waals surface area contributed by atoms with Gasteiger partial charge in [-0.2, -0.15) is 0 Å². The van der Waals surface area contributed by atoms with Crippen LogP contribution in [0, 0.1) is 5.82 Å². The van der Waals surface area contributed by atoms with Crippen LogP contribution in [-0.4, -0.2) is 5.11 Å². The summed E-state index contributed by atoms with van der Waals surface area (Å²) in [5.41, 5.74) is 3.34. The van der Waals surface area contributed by atoms with Crippen molar-refractivity contribution in [3.8, 4) is 0 Å². The van der Waals surface area contributed by atoms with Crippen LogP contribution in [0.5, 0.6) is 0 Å². The van der Waals surface area contributed by atoms with Crippen molar-refractivity contribution in [3.05, 3.63) is 83.6 Å². The van der Waals surface area contributed by atoms with Crippen molar-refractivity contribution in [1.29, 1.82) is 0 Å². The smallest absolute Gasteiger partial charge is 0.175 e. The molecule has 0 aliphatic carbocycles. The maximum atomic E-state index is 13.4. The van der Waals surface area contributed by atoms with Crippen molar-refractivity contribution in [2.45, 2.75) is 0 Å². The lowest BCUT2D eigenvalue weighted by Gasteiger charge is -2.12. The number of para-hydroxylation sites is 1. The predicted molar refractivity (Wildman–Crippen MR) is 107 cm³/mol. The van der Waals surface area contributed by atoms with Gasteiger partial charge in [-0.1, -0.05) is 29.8 Å². The number of nitrogens with one attached hydrogen (secondary N) is 3. The molecule has 0 fully saturated rings. The Morgan fingerprint density at radius 3 is 2.00 bits per heavy atom. The minimum absolute atomic E-state index is 0.0749. The van der Waals surface area contributed by atoms with E-state index in [1.165, 1.54) is 12.1 Å². The molecule has 0 aliphatic rings. The Labute approximate surface area is 155 Å². The summed E-state index contributed by atoms with van der Waals surface area (Å²) >= 11 is 10.9. The van der Waals surface area contributed by atoms with Crippen LogP contribution in [0.15, 0.2) is 72.8 Å². The summed E-state index contributed by atoms with van der Waals surface area (Å²) in [6.45, 7) is 0. The fourth-order valence-corrected chi connectivity index (χ4v) is 2.55. The van der Waals surface area contributed by atoms with E-state index in [9.17, 15) is 4.39 Å². The molecule has 126 valence electrons. The van der Waals surface area contributed by atoms with Gasteiger partial charge in [0.25, 0.3) is 0 Å². The van der Waals surface area contributed by atoms with Crippen LogP contribution < -0.4 is 16.0 Å². The molecule has 0 heterocycles. The van der Waals surface area contributed by atoms with Gasteiger partial charge >= 0.3 is 0 Å². The molecule has 0 spiro atoms. The van der Waals surface area contributed by atoms with Gasteiger partial charge in [-0.15, -0.1) is 0 Å². The summed E-state index contributed by atoms with van der Waals surface area (Å²) in [5.74, 6) is -0.495. The molecule has 25 heavy (non-hydrogen) atoms. The number of benzene rings is 3. The molecule has 0 aliphatic heterocycles. The molecule has 3 rings (SSSR count). The standard InChI is InChI=1S/C19H15ClFN3S/c20-17-11-10-16(12-18(17)21)24-19(25)23-15-8-6-14(7-9-15)22-13-4-2-1-3-5-13/h1-12,22H,(H2,23,24,25). The molecule has 0 bridgehead atoms. The van der Waals surface area contributed by atoms with Gasteiger partial charge in [0.05, 0.1) is 5.02 Å². The minimum atomic E-state index is -0.495. The van der Waals surface area contributed by atoms with Crippen LogP contribution in [-0.2, 0) is 0 Å². The van der Waals surface area contributed by atoms with Gasteiger partial charge in [0.1, 0.15) is 5.82 Å². The lowest BCUT2D eigenvalue weighted by Crippen LogP contribution is -2.19. The molecule has 0 amide bonds. The van der Waals surface area contributed by atoms with Crippen molar-refractivity contribution >= 4 is 51.7 Å². The first-order valence-electron chi connectivity index (χ1n) is 7.55. The minimum Gasteiger partial charge on any atom is -0.356 e. The number of anilines is 4. The highest BCUT2D eigenvalue weighted by Crippen LogP contribution is 2.20. The van der Waals surface area contributed by atoms with Crippen LogP contribution in [0.4, 0.5) is 27.1 Å². The first-order valence-corrected chi connectivity index (χ1v) is 8.34. The monoisotopic (exact) mass is 371 g/mol. The largest absolute Gasteiger partial charge is 0.356 e. The van der Waals surface area contributed by atoms with Crippen LogP contribution in [0.1, 0.15) is 0 Å². The third-order valence-corrected chi connectivity index (χ3v) is 3.89. The molecule has 0 unspecified atom stereocenters. The normalized spacial score (nSPS) is 10.2. The SMILES string of the molecule is Fc1cc(NC(=S)Nc2ccc(Nc3ccccc3)cc2)ccc1Cl. The molecule has 0 atom stereocenters. The van der Waals surface area contributed by atoms with E-state index in [1.807, 2.05) is 54.6 Å². The van der Waals surface area contributed by atoms with Crippen LogP contribution in [0.3, 0.4) is 0 Å². The molecule has 3 N–H and O–H groups in total. The molecule has 0 saturated carbocycles. The maximum absolute atomic E-state index is 13.4. The lowest BCUT2D eigenvalue weighted by atomic mass is 10.2. The third-order valence-electron chi connectivity index (χ3n) is 3.38. The second-order valence-corrected chi connectivity index (χ2v) is 6.09. The first-order chi connectivity index (χ1) is 12.1. The van der Waals surface area contributed by atoms with E-state index in [1.54, 1.807) is 6.07 Å². The zero-order valence-corrected chi connectivity index (χ0v) is 14.7. The van der Waals surface area contributed by atoms with Crippen molar-refractivity contribution in [3.63, 3.8) is 0 Å². The molecule has 0 saturated heterocycles. The second kappa shape index (κ2) is 7.96. The lowest BCUT2D eigenvalue weighted by molar-refractivity contribution is 0.629. The molecule has 3 aromatic carbocycles. The van der Waals surface area contributed by atoms with E-state index >= 15 is 0 Å². The first kappa shape index (κ1) is 17.2. The Balaban J connectivity index is 1.59. The number of halogens is 2. The number of thiocarbonyl (C=S) groups is 1. The number of hydrogen-bond donors (Lipinski definition) is 3. The van der Waals surface area contributed by atoms with Gasteiger partial charge in [0.15, 0.2) is 5.11 Å². The zero-order valence-electron chi connectivity index (χ0n) is 13.1. The van der Waals surface area contributed by atoms with Crippen molar-refractivity contribution in [1.82, 2.24) is 0 Å². The Morgan fingerprint density at radius 1 is 0.760 bits per heavy atom. The summed E-state index contributed by atoms with van der Waals surface area (Å²) in [7, 11) is 0. The highest BCUT2D eigenvalue weighted by Gasteiger charge is 2.03. The van der Waals surface area contributed by atoms with Crippen LogP contribution in [0.2, 0.25) is 5.02 Å². The summed E-state index contributed by atoms with van der Waals surface area (Å²) in [6.07, 6.45) is 0. The van der Waals surface area contributed by atoms with Gasteiger partial charge in [0, 0.05) is 22.7 Å². The van der Waals surface area contributed by atoms with E-state index in [0.717, 1.165) is 17.1 Å². The van der Waals surface area contributed by atoms with E-state index in [2.05, 4.69) is 16.0 Å². The fourth-order valence-electron chi connectivity index (χ4n) is 2.19. The summed E-state index contributed by atoms with van der Waals surface area (Å²) in [6, 6.07) is 22.0. The highest BCUT2D eigenvalue weighted by atomic mass is 35.5. The number of rotatable bonds is 4. The van der Waals surface area contributed by atoms with Crippen LogP contribution in [0.25, 0.3) is 0 Å². The van der Waals surface area contributed by atoms with Gasteiger partial charge in [-0.3, -0.25) is 0 Å². The zero-order chi connectivity index (χ0) is 17.6. The van der Waals surface area contributed by atoms with Crippen molar-refractivity contribution in [2.75, 3.05) is 16.0 Å². The average molecular weight is 372 g/mol. The van der Waals surface area contributed by atoms with E-state index < -0.39 is 5.82 Å². The molecule has 3 nitrogen and oxygen atoms in total. The molecular formula is C19H15ClFN3S. The maximum Gasteiger partial charge on any atom is 0.175 e. The quantitative estimate of drug-likeness (QED) is 0.489. The molecule has 6 heteroatoms. The molecule has 0 aromatic heterocycles. The second-order valence-electron chi connectivity index (χ2n) is 5.28. The van der Waals surface area contributed by atoms with Crippen molar-refractivity contribution < 1.29 is 4.39 Å². The fraction of sp³-hybridized carbons (Fsp3) is 0. The van der Waals surface area contributed by atoms with E-state index in [0.29, 0.717) is 10.8 Å². The topological polar surface area (TPSA) is 36.1 Å². The summed E-state index contributed by atoms with van der Waals surface area (Å²) in [4.78, 5) is 0. The predicted octanol–water partition coefficient (Wildman–Crippen LogP) is 6.03. The number of hydrogen-bond acceptors (Lipinski definition) is 2. The molecular weight excluding hydrogens is 357 g/mol.